The van der Waals surface area contributed by atoms with E-state index in [0.29, 0.717) is 28.3 Å². The van der Waals surface area contributed by atoms with Crippen LogP contribution < -0.4 is 21.3 Å². The Morgan fingerprint density at radius 2 is 1.80 bits per heavy atom. The van der Waals surface area contributed by atoms with Crippen molar-refractivity contribution < 1.29 is 9.59 Å². The molecule has 8 heteroatoms. The van der Waals surface area contributed by atoms with Gasteiger partial charge in [-0.3, -0.25) is 9.59 Å². The molecule has 0 bridgehead atoms. The Kier molecular flexibility index (Phi) is 6.59. The number of hydrogen-bond donors (Lipinski definition) is 4. The van der Waals surface area contributed by atoms with Crippen LogP contribution in [0.25, 0.3) is 0 Å². The largest absolute Gasteiger partial charge is 0.386 e. The number of pyridine rings is 1. The number of anilines is 4. The summed E-state index contributed by atoms with van der Waals surface area (Å²) in [5, 5.41) is 20.3. The lowest BCUT2D eigenvalue weighted by molar-refractivity contribution is -0.114. The summed E-state index contributed by atoms with van der Waals surface area (Å²) in [4.78, 5) is 29.0. The quantitative estimate of drug-likeness (QED) is 0.483. The highest BCUT2D eigenvalue weighted by Gasteiger charge is 2.12. The van der Waals surface area contributed by atoms with Crippen LogP contribution in [0.4, 0.5) is 22.9 Å². The minimum absolute atomic E-state index is 0.0272. The molecule has 0 aliphatic heterocycles. The molecule has 1 aromatic heterocycles. The lowest BCUT2D eigenvalue weighted by atomic mass is 10.1. The standard InChI is InChI=1S/C22H20N6O2/c1-24-18-10-7-16(22(30)28-20-4-2-3-11-25-20)12-19(18)27-21(29)14-26-17-8-5-15(13-23)6-9-17/h2-12,24,26H,14H2,1H3,(H,27,29)(H,25,28,30). The SMILES string of the molecule is CNc1ccc(C(=O)Nc2ccccn2)cc1NC(=O)CNc1ccc(C#N)cc1. The number of nitrogens with one attached hydrogen (secondary N) is 4. The van der Waals surface area contributed by atoms with Gasteiger partial charge in [0.2, 0.25) is 5.91 Å². The van der Waals surface area contributed by atoms with Crippen LogP contribution in [0.2, 0.25) is 0 Å². The van der Waals surface area contributed by atoms with Crippen LogP contribution in [-0.4, -0.2) is 30.4 Å². The first-order chi connectivity index (χ1) is 14.6. The molecule has 0 saturated carbocycles. The second-order valence-electron chi connectivity index (χ2n) is 6.27. The average molecular weight is 400 g/mol. The highest BCUT2D eigenvalue weighted by atomic mass is 16.2. The topological polar surface area (TPSA) is 119 Å². The Balaban J connectivity index is 1.66. The number of hydrogen-bond acceptors (Lipinski definition) is 6. The highest BCUT2D eigenvalue weighted by Crippen LogP contribution is 2.23. The third kappa shape index (κ3) is 5.33. The fourth-order valence-electron chi connectivity index (χ4n) is 2.67. The molecule has 30 heavy (non-hydrogen) atoms. The van der Waals surface area contributed by atoms with Crippen LogP contribution in [0.1, 0.15) is 15.9 Å². The van der Waals surface area contributed by atoms with Crippen LogP contribution in [0, 0.1) is 11.3 Å². The molecule has 1 heterocycles. The van der Waals surface area contributed by atoms with Gasteiger partial charge in [-0.1, -0.05) is 6.07 Å². The maximum absolute atomic E-state index is 12.5. The number of benzene rings is 2. The number of amides is 2. The van der Waals surface area contributed by atoms with Crippen molar-refractivity contribution in [1.82, 2.24) is 4.98 Å². The molecule has 150 valence electrons. The molecule has 0 fully saturated rings. The summed E-state index contributed by atoms with van der Waals surface area (Å²) in [5.41, 5.74) is 2.81. The van der Waals surface area contributed by atoms with Gasteiger partial charge in [0, 0.05) is 24.5 Å². The molecule has 4 N–H and O–H groups in total. The predicted octanol–water partition coefficient (Wildman–Crippen LogP) is 3.30. The zero-order valence-electron chi connectivity index (χ0n) is 16.3. The Bertz CT molecular complexity index is 1080. The first-order valence-electron chi connectivity index (χ1n) is 9.17. The Labute approximate surface area is 174 Å². The number of carbonyl (C=O) groups excluding carboxylic acids is 2. The van der Waals surface area contributed by atoms with Gasteiger partial charge in [0.15, 0.2) is 0 Å². The molecule has 8 nitrogen and oxygen atoms in total. The molecule has 0 saturated heterocycles. The van der Waals surface area contributed by atoms with Gasteiger partial charge in [0.25, 0.3) is 5.91 Å². The van der Waals surface area contributed by atoms with Gasteiger partial charge in [0.1, 0.15) is 5.82 Å². The molecule has 2 aromatic carbocycles. The van der Waals surface area contributed by atoms with E-state index >= 15 is 0 Å². The Morgan fingerprint density at radius 1 is 1.00 bits per heavy atom. The van der Waals surface area contributed by atoms with E-state index in [1.165, 1.54) is 0 Å². The van der Waals surface area contributed by atoms with Crippen LogP contribution in [0.3, 0.4) is 0 Å². The van der Waals surface area contributed by atoms with Gasteiger partial charge in [-0.25, -0.2) is 4.98 Å². The summed E-state index contributed by atoms with van der Waals surface area (Å²) < 4.78 is 0. The normalized spacial score (nSPS) is 9.87. The minimum atomic E-state index is -0.331. The van der Waals surface area contributed by atoms with Gasteiger partial charge in [-0.2, -0.15) is 5.26 Å². The van der Waals surface area contributed by atoms with Crippen LogP contribution in [0.5, 0.6) is 0 Å². The molecule has 3 aromatic rings. The second kappa shape index (κ2) is 9.71. The number of carbonyl (C=O) groups is 2. The molecule has 0 aliphatic rings. The molecule has 2 amide bonds. The molecular formula is C22H20N6O2. The van der Waals surface area contributed by atoms with E-state index in [0.717, 1.165) is 5.69 Å². The second-order valence-corrected chi connectivity index (χ2v) is 6.27. The van der Waals surface area contributed by atoms with E-state index in [1.807, 2.05) is 6.07 Å². The molecule has 0 spiro atoms. The summed E-state index contributed by atoms with van der Waals surface area (Å²) in [6.45, 7) is 0.0272. The molecule has 0 atom stereocenters. The fourth-order valence-corrected chi connectivity index (χ4v) is 2.67. The minimum Gasteiger partial charge on any atom is -0.386 e. The van der Waals surface area contributed by atoms with Crippen molar-refractivity contribution in [2.75, 3.05) is 34.9 Å². The molecule has 0 unspecified atom stereocenters. The van der Waals surface area contributed by atoms with E-state index in [1.54, 1.807) is 73.9 Å². The monoisotopic (exact) mass is 400 g/mol. The Hall–Kier alpha value is -4.38. The van der Waals surface area contributed by atoms with Crippen molar-refractivity contribution in [1.29, 1.82) is 5.26 Å². The predicted molar refractivity (Wildman–Crippen MR) is 116 cm³/mol. The summed E-state index contributed by atoms with van der Waals surface area (Å²) in [6.07, 6.45) is 1.59. The fraction of sp³-hybridized carbons (Fsp3) is 0.0909. The number of aromatic nitrogens is 1. The smallest absolute Gasteiger partial charge is 0.256 e. The van der Waals surface area contributed by atoms with Gasteiger partial charge in [-0.15, -0.1) is 0 Å². The zero-order valence-corrected chi connectivity index (χ0v) is 16.3. The maximum atomic E-state index is 12.5. The molecule has 0 aliphatic carbocycles. The summed E-state index contributed by atoms with van der Waals surface area (Å²) in [6, 6.07) is 19.1. The van der Waals surface area contributed by atoms with Gasteiger partial charge in [0.05, 0.1) is 29.6 Å². The van der Waals surface area contributed by atoms with Gasteiger partial charge < -0.3 is 21.3 Å². The first-order valence-corrected chi connectivity index (χ1v) is 9.17. The summed E-state index contributed by atoms with van der Waals surface area (Å²) in [5.74, 6) is -0.168. The van der Waals surface area contributed by atoms with E-state index in [9.17, 15) is 9.59 Å². The van der Waals surface area contributed by atoms with E-state index in [-0.39, 0.29) is 18.4 Å². The number of nitrogens with zero attached hydrogens (tertiary/aromatic N) is 2. The summed E-state index contributed by atoms with van der Waals surface area (Å²) in [7, 11) is 1.73. The number of rotatable bonds is 7. The molecule has 3 rings (SSSR count). The lowest BCUT2D eigenvalue weighted by Gasteiger charge is -2.13. The van der Waals surface area contributed by atoms with E-state index < -0.39 is 0 Å². The third-order valence-electron chi connectivity index (χ3n) is 4.20. The zero-order chi connectivity index (χ0) is 21.3. The molecule has 0 radical (unpaired) electrons. The van der Waals surface area contributed by atoms with Crippen LogP contribution >= 0.6 is 0 Å². The van der Waals surface area contributed by atoms with Crippen molar-refractivity contribution in [3.63, 3.8) is 0 Å². The van der Waals surface area contributed by atoms with E-state index in [4.69, 9.17) is 5.26 Å². The number of nitriles is 1. The van der Waals surface area contributed by atoms with Crippen molar-refractivity contribution in [3.8, 4) is 6.07 Å². The van der Waals surface area contributed by atoms with Crippen LogP contribution in [0.15, 0.2) is 66.9 Å². The Morgan fingerprint density at radius 3 is 2.47 bits per heavy atom. The van der Waals surface area contributed by atoms with Crippen molar-refractivity contribution in [2.45, 2.75) is 0 Å². The van der Waals surface area contributed by atoms with Gasteiger partial charge >= 0.3 is 0 Å². The maximum Gasteiger partial charge on any atom is 0.256 e. The molecular weight excluding hydrogens is 380 g/mol. The van der Waals surface area contributed by atoms with Gasteiger partial charge in [-0.05, 0) is 54.6 Å². The average Bonchev–Trinajstić information content (AvgIpc) is 2.78. The lowest BCUT2D eigenvalue weighted by Crippen LogP contribution is -2.22. The van der Waals surface area contributed by atoms with E-state index in [2.05, 4.69) is 26.3 Å². The highest BCUT2D eigenvalue weighted by molar-refractivity contribution is 6.06. The third-order valence-corrected chi connectivity index (χ3v) is 4.20. The van der Waals surface area contributed by atoms with Crippen molar-refractivity contribution in [3.05, 3.63) is 78.0 Å². The summed E-state index contributed by atoms with van der Waals surface area (Å²) >= 11 is 0. The van der Waals surface area contributed by atoms with Crippen molar-refractivity contribution in [2.24, 2.45) is 0 Å². The van der Waals surface area contributed by atoms with Crippen LogP contribution in [-0.2, 0) is 4.79 Å². The van der Waals surface area contributed by atoms with Crippen molar-refractivity contribution >= 4 is 34.7 Å². The first kappa shape index (κ1) is 20.4.